The highest BCUT2D eigenvalue weighted by atomic mass is 32.2. The molecule has 0 radical (unpaired) electrons. The molecule has 10 heteroatoms. The molecular formula is C23H22N6O3S. The fourth-order valence-electron chi connectivity index (χ4n) is 3.52. The zero-order valence-electron chi connectivity index (χ0n) is 18.0. The highest BCUT2D eigenvalue weighted by molar-refractivity contribution is 7.98. The van der Waals surface area contributed by atoms with Gasteiger partial charge in [0.1, 0.15) is 12.3 Å². The van der Waals surface area contributed by atoms with E-state index >= 15 is 0 Å². The molecule has 2 aromatic heterocycles. The smallest absolute Gasteiger partial charge is 0.262 e. The number of methoxy groups -OCH3 is 1. The lowest BCUT2D eigenvalue weighted by molar-refractivity contribution is -0.116. The first-order valence-corrected chi connectivity index (χ1v) is 11.6. The Kier molecular flexibility index (Phi) is 5.82. The first-order valence-electron chi connectivity index (χ1n) is 10.6. The Morgan fingerprint density at radius 3 is 2.73 bits per heavy atom. The second kappa shape index (κ2) is 9.07. The largest absolute Gasteiger partial charge is 0.497 e. The number of nitrogens with zero attached hydrogens (tertiary/aromatic N) is 5. The van der Waals surface area contributed by atoms with E-state index in [9.17, 15) is 9.59 Å². The van der Waals surface area contributed by atoms with Crippen molar-refractivity contribution >= 4 is 34.3 Å². The highest BCUT2D eigenvalue weighted by Gasteiger charge is 2.28. The van der Waals surface area contributed by atoms with Crippen molar-refractivity contribution in [1.82, 2.24) is 24.5 Å². The molecule has 1 saturated carbocycles. The summed E-state index contributed by atoms with van der Waals surface area (Å²) < 4.78 is 8.42. The summed E-state index contributed by atoms with van der Waals surface area (Å²) in [6, 6.07) is 14.7. The summed E-state index contributed by atoms with van der Waals surface area (Å²) in [5, 5.41) is 12.4. The van der Waals surface area contributed by atoms with Gasteiger partial charge in [-0.15, -0.1) is 5.10 Å². The highest BCUT2D eigenvalue weighted by Crippen LogP contribution is 2.37. The summed E-state index contributed by atoms with van der Waals surface area (Å²) in [6.07, 6.45) is 3.72. The minimum atomic E-state index is -0.206. The molecule has 9 nitrogen and oxygen atoms in total. The SMILES string of the molecule is COc1ccc(NC(=O)Cn2cc(CSc3nc4ccccc4c(=O)n3C3CC3)nn2)cc1. The number of amides is 1. The van der Waals surface area contributed by atoms with Crippen LogP contribution in [0.3, 0.4) is 0 Å². The van der Waals surface area contributed by atoms with Gasteiger partial charge in [0.15, 0.2) is 5.16 Å². The van der Waals surface area contributed by atoms with E-state index in [2.05, 4.69) is 15.6 Å². The van der Waals surface area contributed by atoms with Gasteiger partial charge in [-0.25, -0.2) is 9.67 Å². The van der Waals surface area contributed by atoms with Crippen molar-refractivity contribution in [2.24, 2.45) is 0 Å². The molecule has 2 heterocycles. The zero-order chi connectivity index (χ0) is 22.8. The number of ether oxygens (including phenoxy) is 1. The number of fused-ring (bicyclic) bond motifs is 1. The van der Waals surface area contributed by atoms with Crippen molar-refractivity contribution in [1.29, 1.82) is 0 Å². The van der Waals surface area contributed by atoms with Crippen molar-refractivity contribution in [3.63, 3.8) is 0 Å². The minimum absolute atomic E-state index is 0.00413. The Morgan fingerprint density at radius 2 is 1.97 bits per heavy atom. The van der Waals surface area contributed by atoms with Gasteiger partial charge in [0.2, 0.25) is 5.91 Å². The lowest BCUT2D eigenvalue weighted by Crippen LogP contribution is -2.22. The van der Waals surface area contributed by atoms with Gasteiger partial charge in [0.05, 0.1) is 23.7 Å². The number of carbonyl (C=O) groups excluding carboxylic acids is 1. The molecule has 0 unspecified atom stereocenters. The predicted octanol–water partition coefficient (Wildman–Crippen LogP) is 3.26. The van der Waals surface area contributed by atoms with Crippen molar-refractivity contribution in [2.75, 3.05) is 12.4 Å². The van der Waals surface area contributed by atoms with Crippen LogP contribution in [0.5, 0.6) is 5.75 Å². The molecule has 0 bridgehead atoms. The Morgan fingerprint density at radius 1 is 1.18 bits per heavy atom. The van der Waals surface area contributed by atoms with E-state index in [4.69, 9.17) is 9.72 Å². The van der Waals surface area contributed by atoms with E-state index < -0.39 is 0 Å². The summed E-state index contributed by atoms with van der Waals surface area (Å²) in [5.41, 5.74) is 2.09. The Hall–Kier alpha value is -3.66. The minimum Gasteiger partial charge on any atom is -0.497 e. The molecule has 4 aromatic rings. The second-order valence-corrected chi connectivity index (χ2v) is 8.73. The number of hydrogen-bond acceptors (Lipinski definition) is 7. The lowest BCUT2D eigenvalue weighted by Gasteiger charge is -2.11. The quantitative estimate of drug-likeness (QED) is 0.317. The van der Waals surface area contributed by atoms with Crippen LogP contribution in [0.1, 0.15) is 24.6 Å². The Bertz CT molecular complexity index is 1360. The summed E-state index contributed by atoms with van der Waals surface area (Å²) >= 11 is 1.46. The molecule has 33 heavy (non-hydrogen) atoms. The van der Waals surface area contributed by atoms with Crippen LogP contribution in [-0.4, -0.2) is 37.6 Å². The number of nitrogens with one attached hydrogen (secondary N) is 1. The molecule has 0 aliphatic heterocycles. The molecule has 0 spiro atoms. The van der Waals surface area contributed by atoms with E-state index in [1.54, 1.807) is 42.1 Å². The van der Waals surface area contributed by atoms with Crippen LogP contribution in [0.2, 0.25) is 0 Å². The molecule has 1 aliphatic carbocycles. The topological polar surface area (TPSA) is 104 Å². The number of hydrogen-bond donors (Lipinski definition) is 1. The van der Waals surface area contributed by atoms with Crippen LogP contribution < -0.4 is 15.6 Å². The van der Waals surface area contributed by atoms with Gasteiger partial charge in [-0.2, -0.15) is 0 Å². The van der Waals surface area contributed by atoms with Crippen LogP contribution in [0, 0.1) is 0 Å². The normalized spacial score (nSPS) is 13.2. The monoisotopic (exact) mass is 462 g/mol. The summed E-state index contributed by atoms with van der Waals surface area (Å²) in [4.78, 5) is 30.0. The Labute approximate surface area is 193 Å². The van der Waals surface area contributed by atoms with Gasteiger partial charge in [-0.3, -0.25) is 14.2 Å². The number of thioether (sulfide) groups is 1. The number of carbonyl (C=O) groups is 1. The fourth-order valence-corrected chi connectivity index (χ4v) is 4.47. The van der Waals surface area contributed by atoms with Crippen LogP contribution in [0.15, 0.2) is 64.7 Å². The van der Waals surface area contributed by atoms with Crippen molar-refractivity contribution in [3.8, 4) is 5.75 Å². The second-order valence-electron chi connectivity index (χ2n) is 7.79. The molecule has 5 rings (SSSR count). The molecule has 1 N–H and O–H groups in total. The third-order valence-corrected chi connectivity index (χ3v) is 6.29. The van der Waals surface area contributed by atoms with Gasteiger partial charge >= 0.3 is 0 Å². The van der Waals surface area contributed by atoms with Crippen LogP contribution in [-0.2, 0) is 17.1 Å². The maximum atomic E-state index is 13.0. The predicted molar refractivity (Wildman–Crippen MR) is 125 cm³/mol. The number of benzene rings is 2. The average Bonchev–Trinajstić information content (AvgIpc) is 3.57. The van der Waals surface area contributed by atoms with Gasteiger partial charge in [-0.05, 0) is 49.2 Å². The maximum absolute atomic E-state index is 13.0. The van der Waals surface area contributed by atoms with Crippen LogP contribution >= 0.6 is 11.8 Å². The summed E-state index contributed by atoms with van der Waals surface area (Å²) in [5.74, 6) is 1.01. The molecule has 0 saturated heterocycles. The molecule has 1 amide bonds. The van der Waals surface area contributed by atoms with E-state index in [-0.39, 0.29) is 24.1 Å². The molecule has 0 atom stereocenters. The number of aromatic nitrogens is 5. The van der Waals surface area contributed by atoms with Crippen LogP contribution in [0.25, 0.3) is 10.9 Å². The van der Waals surface area contributed by atoms with Gasteiger partial charge in [-0.1, -0.05) is 29.1 Å². The molecule has 2 aromatic carbocycles. The Balaban J connectivity index is 1.25. The van der Waals surface area contributed by atoms with Gasteiger partial charge in [0, 0.05) is 23.7 Å². The van der Waals surface area contributed by atoms with Gasteiger partial charge < -0.3 is 10.1 Å². The van der Waals surface area contributed by atoms with E-state index in [0.29, 0.717) is 33.2 Å². The average molecular weight is 463 g/mol. The molecular weight excluding hydrogens is 440 g/mol. The van der Waals surface area contributed by atoms with Crippen molar-refractivity contribution in [2.45, 2.75) is 36.3 Å². The number of para-hydroxylation sites is 1. The van der Waals surface area contributed by atoms with Crippen molar-refractivity contribution < 1.29 is 9.53 Å². The first kappa shape index (κ1) is 21.2. The maximum Gasteiger partial charge on any atom is 0.262 e. The van der Waals surface area contributed by atoms with Crippen molar-refractivity contribution in [3.05, 3.63) is 70.8 Å². The fraction of sp³-hybridized carbons (Fsp3) is 0.261. The number of rotatable bonds is 8. The molecule has 1 aliphatic rings. The molecule has 1 fully saturated rings. The standard InChI is InChI=1S/C23H22N6O3S/c1-32-18-10-6-15(7-11-18)24-21(30)13-28-12-16(26-27-28)14-33-23-25-20-5-3-2-4-19(20)22(31)29(23)17-8-9-17/h2-7,10-12,17H,8-9,13-14H2,1H3,(H,24,30). The van der Waals surface area contributed by atoms with Gasteiger partial charge in [0.25, 0.3) is 5.56 Å². The van der Waals surface area contributed by atoms with E-state index in [1.807, 2.05) is 24.3 Å². The third kappa shape index (κ3) is 4.75. The summed E-state index contributed by atoms with van der Waals surface area (Å²) in [7, 11) is 1.59. The van der Waals surface area contributed by atoms with Crippen LogP contribution in [0.4, 0.5) is 5.69 Å². The molecule has 168 valence electrons. The zero-order valence-corrected chi connectivity index (χ0v) is 18.8. The van der Waals surface area contributed by atoms with E-state index in [0.717, 1.165) is 18.6 Å². The summed E-state index contributed by atoms with van der Waals surface area (Å²) in [6.45, 7) is 0.0463. The lowest BCUT2D eigenvalue weighted by atomic mass is 10.2. The first-order chi connectivity index (χ1) is 16.1. The van der Waals surface area contributed by atoms with E-state index in [1.165, 1.54) is 16.4 Å². The number of anilines is 1. The third-order valence-electron chi connectivity index (χ3n) is 5.30.